The fourth-order valence-corrected chi connectivity index (χ4v) is 3.12. The van der Waals surface area contributed by atoms with Gasteiger partial charge in [-0.15, -0.1) is 0 Å². The summed E-state index contributed by atoms with van der Waals surface area (Å²) in [6, 6.07) is 0. The Morgan fingerprint density at radius 3 is 2.33 bits per heavy atom. The van der Waals surface area contributed by atoms with Crippen molar-refractivity contribution in [3.05, 3.63) is 17.6 Å². The maximum atomic E-state index is 4.58. The minimum absolute atomic E-state index is 0.949. The highest BCUT2D eigenvalue weighted by Gasteiger charge is 2.16. The van der Waals surface area contributed by atoms with Gasteiger partial charge < -0.3 is 19.7 Å². The zero-order valence-corrected chi connectivity index (χ0v) is 16.2. The van der Waals surface area contributed by atoms with Gasteiger partial charge in [-0.1, -0.05) is 0 Å². The normalized spacial score (nSPS) is 11.8. The second kappa shape index (κ2) is 8.44. The van der Waals surface area contributed by atoms with Crippen molar-refractivity contribution in [1.82, 2.24) is 14.5 Å². The van der Waals surface area contributed by atoms with Crippen molar-refractivity contribution in [1.29, 1.82) is 0 Å². The van der Waals surface area contributed by atoms with Crippen molar-refractivity contribution in [2.45, 2.75) is 33.2 Å². The number of nitrogens with zero attached hydrogens (tertiary/aromatic N) is 3. The number of hydrogen-bond acceptors (Lipinski definition) is 3. The summed E-state index contributed by atoms with van der Waals surface area (Å²) >= 11 is 0. The smallest absolute Gasteiger partial charge is 0.145 e. The zero-order chi connectivity index (χ0) is 17.7. The SMILES string of the molecule is Cc1c(C)n(CCC[NH+](C)C)c2ncnc(NCCC[NH+](C)C)c12. The first kappa shape index (κ1) is 18.7. The lowest BCUT2D eigenvalue weighted by atomic mass is 10.2. The lowest BCUT2D eigenvalue weighted by Crippen LogP contribution is -3.05. The van der Waals surface area contributed by atoms with Crippen LogP contribution >= 0.6 is 0 Å². The van der Waals surface area contributed by atoms with Crippen molar-refractivity contribution in [2.24, 2.45) is 0 Å². The van der Waals surface area contributed by atoms with Gasteiger partial charge in [-0.3, -0.25) is 0 Å². The Bertz CT molecular complexity index is 659. The number of rotatable bonds is 9. The van der Waals surface area contributed by atoms with Crippen LogP contribution in [0.2, 0.25) is 0 Å². The van der Waals surface area contributed by atoms with Gasteiger partial charge in [0.15, 0.2) is 0 Å². The number of quaternary nitrogens is 2. The maximum absolute atomic E-state index is 4.58. The van der Waals surface area contributed by atoms with E-state index in [9.17, 15) is 0 Å². The minimum Gasteiger partial charge on any atom is -0.369 e. The standard InChI is InChI=1S/C18H32N6/c1-14-15(2)24(12-8-11-23(5)6)18-16(14)17(20-13-21-18)19-9-7-10-22(3)4/h13H,7-12H2,1-6H3,(H,19,20,21)/p+2. The molecule has 0 bridgehead atoms. The molecule has 2 aromatic heterocycles. The van der Waals surface area contributed by atoms with Crippen LogP contribution in [0.4, 0.5) is 5.82 Å². The average Bonchev–Trinajstić information content (AvgIpc) is 2.76. The number of aryl methyl sites for hydroxylation is 2. The summed E-state index contributed by atoms with van der Waals surface area (Å²) in [5.74, 6) is 0.978. The Kier molecular flexibility index (Phi) is 6.57. The van der Waals surface area contributed by atoms with Crippen molar-refractivity contribution in [3.63, 3.8) is 0 Å². The van der Waals surface area contributed by atoms with Gasteiger partial charge in [0.25, 0.3) is 0 Å². The number of fused-ring (bicyclic) bond motifs is 1. The van der Waals surface area contributed by atoms with E-state index in [1.54, 1.807) is 6.33 Å². The van der Waals surface area contributed by atoms with Crippen LogP contribution in [0.15, 0.2) is 6.33 Å². The Balaban J connectivity index is 2.19. The van der Waals surface area contributed by atoms with Gasteiger partial charge in [0.1, 0.15) is 17.8 Å². The molecule has 0 aliphatic heterocycles. The fourth-order valence-electron chi connectivity index (χ4n) is 3.12. The van der Waals surface area contributed by atoms with Gasteiger partial charge in [-0.05, 0) is 19.4 Å². The molecule has 0 spiro atoms. The van der Waals surface area contributed by atoms with Gasteiger partial charge in [-0.25, -0.2) is 9.97 Å². The molecule has 0 radical (unpaired) electrons. The van der Waals surface area contributed by atoms with Gasteiger partial charge in [-0.2, -0.15) is 0 Å². The van der Waals surface area contributed by atoms with E-state index in [2.05, 4.69) is 61.9 Å². The molecule has 0 fully saturated rings. The van der Waals surface area contributed by atoms with Gasteiger partial charge in [0, 0.05) is 31.6 Å². The summed E-state index contributed by atoms with van der Waals surface area (Å²) in [5.41, 5.74) is 3.66. The van der Waals surface area contributed by atoms with Crippen molar-refractivity contribution < 1.29 is 9.80 Å². The van der Waals surface area contributed by atoms with Crippen molar-refractivity contribution in [3.8, 4) is 0 Å². The van der Waals surface area contributed by atoms with Crippen LogP contribution in [-0.4, -0.2) is 62.4 Å². The van der Waals surface area contributed by atoms with Crippen LogP contribution in [0.1, 0.15) is 24.1 Å². The molecule has 0 saturated heterocycles. The second-order valence-corrected chi connectivity index (χ2v) is 7.33. The summed E-state index contributed by atoms with van der Waals surface area (Å²) in [7, 11) is 8.77. The first-order valence-corrected chi connectivity index (χ1v) is 9.04. The topological polar surface area (TPSA) is 51.6 Å². The molecule has 0 unspecified atom stereocenters. The molecular formula is C18H34N6+2. The molecule has 2 heterocycles. The minimum atomic E-state index is 0.949. The van der Waals surface area contributed by atoms with Gasteiger partial charge in [0.05, 0.1) is 46.7 Å². The number of anilines is 1. The highest BCUT2D eigenvalue weighted by molar-refractivity contribution is 5.91. The first-order valence-electron chi connectivity index (χ1n) is 9.04. The molecule has 0 atom stereocenters. The van der Waals surface area contributed by atoms with Crippen LogP contribution in [0, 0.1) is 13.8 Å². The average molecular weight is 335 g/mol. The molecule has 0 amide bonds. The van der Waals surface area contributed by atoms with Gasteiger partial charge >= 0.3 is 0 Å². The Morgan fingerprint density at radius 1 is 1.00 bits per heavy atom. The van der Waals surface area contributed by atoms with E-state index >= 15 is 0 Å². The highest BCUT2D eigenvalue weighted by atomic mass is 15.1. The van der Waals surface area contributed by atoms with E-state index in [0.29, 0.717) is 0 Å². The zero-order valence-electron chi connectivity index (χ0n) is 16.2. The molecule has 0 aliphatic carbocycles. The van der Waals surface area contributed by atoms with Crippen molar-refractivity contribution in [2.75, 3.05) is 53.1 Å². The Hall–Kier alpha value is -1.66. The third-order valence-electron chi connectivity index (χ3n) is 4.61. The molecule has 2 aromatic rings. The summed E-state index contributed by atoms with van der Waals surface area (Å²) in [6.07, 6.45) is 3.98. The lowest BCUT2D eigenvalue weighted by Gasteiger charge is -2.11. The van der Waals surface area contributed by atoms with E-state index in [4.69, 9.17) is 0 Å². The summed E-state index contributed by atoms with van der Waals surface area (Å²) in [4.78, 5) is 12.0. The van der Waals surface area contributed by atoms with E-state index in [1.807, 2.05) is 0 Å². The first-order chi connectivity index (χ1) is 11.4. The van der Waals surface area contributed by atoms with Crippen molar-refractivity contribution >= 4 is 16.9 Å². The molecular weight excluding hydrogens is 300 g/mol. The number of hydrogen-bond donors (Lipinski definition) is 3. The fraction of sp³-hybridized carbons (Fsp3) is 0.667. The third-order valence-corrected chi connectivity index (χ3v) is 4.61. The second-order valence-electron chi connectivity index (χ2n) is 7.33. The van der Waals surface area contributed by atoms with Crippen LogP contribution < -0.4 is 15.1 Å². The van der Waals surface area contributed by atoms with E-state index in [0.717, 1.165) is 43.9 Å². The largest absolute Gasteiger partial charge is 0.369 e. The highest BCUT2D eigenvalue weighted by Crippen LogP contribution is 2.28. The Morgan fingerprint density at radius 2 is 1.67 bits per heavy atom. The van der Waals surface area contributed by atoms with Crippen LogP contribution in [0.25, 0.3) is 11.0 Å². The predicted octanol–water partition coefficient (Wildman–Crippen LogP) is -0.471. The summed E-state index contributed by atoms with van der Waals surface area (Å²) in [6.45, 7) is 8.67. The number of aromatic nitrogens is 3. The number of nitrogens with one attached hydrogen (secondary N) is 3. The molecule has 24 heavy (non-hydrogen) atoms. The van der Waals surface area contributed by atoms with Crippen LogP contribution in [-0.2, 0) is 6.54 Å². The molecule has 0 aliphatic rings. The molecule has 134 valence electrons. The van der Waals surface area contributed by atoms with E-state index in [1.165, 1.54) is 33.0 Å². The van der Waals surface area contributed by atoms with Gasteiger partial charge in [0.2, 0.25) is 0 Å². The predicted molar refractivity (Wildman–Crippen MR) is 100 cm³/mol. The molecule has 6 heteroatoms. The van der Waals surface area contributed by atoms with E-state index < -0.39 is 0 Å². The molecule has 2 rings (SSSR count). The maximum Gasteiger partial charge on any atom is 0.145 e. The third kappa shape index (κ3) is 4.45. The van der Waals surface area contributed by atoms with Crippen LogP contribution in [0.3, 0.4) is 0 Å². The molecule has 0 aromatic carbocycles. The summed E-state index contributed by atoms with van der Waals surface area (Å²) < 4.78 is 2.35. The quantitative estimate of drug-likeness (QED) is 0.544. The molecule has 0 saturated carbocycles. The molecule has 6 nitrogen and oxygen atoms in total. The Labute approximate surface area is 145 Å². The van der Waals surface area contributed by atoms with E-state index in [-0.39, 0.29) is 0 Å². The monoisotopic (exact) mass is 334 g/mol. The van der Waals surface area contributed by atoms with Crippen LogP contribution in [0.5, 0.6) is 0 Å². The lowest BCUT2D eigenvalue weighted by molar-refractivity contribution is -0.858. The molecule has 3 N–H and O–H groups in total. The summed E-state index contributed by atoms with van der Waals surface area (Å²) in [5, 5.41) is 4.70.